The zero-order valence-corrected chi connectivity index (χ0v) is 11.3. The van der Waals surface area contributed by atoms with Gasteiger partial charge in [-0.05, 0) is 35.4 Å². The minimum atomic E-state index is -4.75. The van der Waals surface area contributed by atoms with Gasteiger partial charge in [-0.3, -0.25) is 0 Å². The van der Waals surface area contributed by atoms with Crippen LogP contribution in [0.4, 0.5) is 17.6 Å². The number of hydrogen-bond donors (Lipinski definition) is 1. The van der Waals surface area contributed by atoms with Gasteiger partial charge in [-0.1, -0.05) is 29.8 Å². The summed E-state index contributed by atoms with van der Waals surface area (Å²) in [5, 5.41) is -0.0279. The molecular formula is C14H10ClF4NO. The van der Waals surface area contributed by atoms with Gasteiger partial charge in [0.2, 0.25) is 0 Å². The molecule has 0 bridgehead atoms. The molecule has 0 fully saturated rings. The Labute approximate surface area is 123 Å². The van der Waals surface area contributed by atoms with Crippen LogP contribution in [0.25, 0.3) is 0 Å². The quantitative estimate of drug-likeness (QED) is 0.850. The number of ether oxygens (including phenoxy) is 1. The molecule has 0 radical (unpaired) electrons. The molecule has 1 atom stereocenters. The van der Waals surface area contributed by atoms with E-state index in [-0.39, 0.29) is 10.8 Å². The fourth-order valence-corrected chi connectivity index (χ4v) is 1.89. The van der Waals surface area contributed by atoms with Crippen LogP contribution in [0.5, 0.6) is 5.75 Å². The fourth-order valence-electron chi connectivity index (χ4n) is 1.78. The highest BCUT2D eigenvalue weighted by Crippen LogP contribution is 2.27. The monoisotopic (exact) mass is 319 g/mol. The van der Waals surface area contributed by atoms with Gasteiger partial charge >= 0.3 is 6.36 Å². The van der Waals surface area contributed by atoms with Crippen LogP contribution in [-0.4, -0.2) is 6.36 Å². The molecule has 2 aromatic rings. The van der Waals surface area contributed by atoms with Gasteiger partial charge in [0.15, 0.2) is 0 Å². The predicted molar refractivity (Wildman–Crippen MR) is 70.6 cm³/mol. The highest BCUT2D eigenvalue weighted by molar-refractivity contribution is 6.30. The second-order valence-corrected chi connectivity index (χ2v) is 4.68. The standard InChI is InChI=1S/C14H10ClF4NO/c15-11-6-3-9(7-12(11)16)13(20)8-1-4-10(5-2-8)21-14(17,18)19/h1-7,13H,20H2/t13-/m0/s1. The number of hydrogen-bond acceptors (Lipinski definition) is 2. The lowest BCUT2D eigenvalue weighted by Crippen LogP contribution is -2.17. The number of halogens is 5. The van der Waals surface area contributed by atoms with Crippen LogP contribution in [-0.2, 0) is 0 Å². The normalized spacial score (nSPS) is 13.0. The molecule has 0 saturated carbocycles. The highest BCUT2D eigenvalue weighted by atomic mass is 35.5. The first-order valence-electron chi connectivity index (χ1n) is 5.82. The smallest absolute Gasteiger partial charge is 0.406 e. The van der Waals surface area contributed by atoms with Gasteiger partial charge in [0.1, 0.15) is 11.6 Å². The Balaban J connectivity index is 2.19. The Hall–Kier alpha value is -1.79. The SMILES string of the molecule is N[C@@H](c1ccc(OC(F)(F)F)cc1)c1ccc(Cl)c(F)c1. The van der Waals surface area contributed by atoms with E-state index in [1.54, 1.807) is 6.07 Å². The third-order valence-corrected chi connectivity index (χ3v) is 3.08. The van der Waals surface area contributed by atoms with E-state index < -0.39 is 18.2 Å². The Bertz CT molecular complexity index is 628. The zero-order chi connectivity index (χ0) is 15.6. The average molecular weight is 320 g/mol. The summed E-state index contributed by atoms with van der Waals surface area (Å²) in [6.45, 7) is 0. The van der Waals surface area contributed by atoms with Crippen LogP contribution < -0.4 is 10.5 Å². The minimum absolute atomic E-state index is 0.0279. The van der Waals surface area contributed by atoms with Crippen molar-refractivity contribution < 1.29 is 22.3 Å². The molecule has 0 spiro atoms. The van der Waals surface area contributed by atoms with E-state index in [0.717, 1.165) is 12.1 Å². The third kappa shape index (κ3) is 4.09. The predicted octanol–water partition coefficient (Wildman–Crippen LogP) is 4.43. The molecule has 0 saturated heterocycles. The molecule has 0 aliphatic rings. The third-order valence-electron chi connectivity index (χ3n) is 2.78. The van der Waals surface area contributed by atoms with Gasteiger partial charge in [-0.15, -0.1) is 13.2 Å². The first-order chi connectivity index (χ1) is 9.76. The molecule has 0 aliphatic heterocycles. The number of rotatable bonds is 3. The molecular weight excluding hydrogens is 310 g/mol. The molecule has 112 valence electrons. The molecule has 21 heavy (non-hydrogen) atoms. The van der Waals surface area contributed by atoms with E-state index in [1.807, 2.05) is 0 Å². The topological polar surface area (TPSA) is 35.2 Å². The molecule has 0 aliphatic carbocycles. The van der Waals surface area contributed by atoms with Gasteiger partial charge in [-0.25, -0.2) is 4.39 Å². The van der Waals surface area contributed by atoms with E-state index in [4.69, 9.17) is 17.3 Å². The van der Waals surface area contributed by atoms with Gasteiger partial charge in [0, 0.05) is 0 Å². The lowest BCUT2D eigenvalue weighted by atomic mass is 9.99. The number of alkyl halides is 3. The van der Waals surface area contributed by atoms with Gasteiger partial charge in [0.05, 0.1) is 11.1 Å². The van der Waals surface area contributed by atoms with E-state index in [0.29, 0.717) is 11.1 Å². The van der Waals surface area contributed by atoms with Crippen molar-refractivity contribution in [1.82, 2.24) is 0 Å². The van der Waals surface area contributed by atoms with Gasteiger partial charge in [0.25, 0.3) is 0 Å². The molecule has 0 amide bonds. The van der Waals surface area contributed by atoms with Crippen molar-refractivity contribution in [3.05, 3.63) is 64.4 Å². The van der Waals surface area contributed by atoms with Crippen molar-refractivity contribution in [3.63, 3.8) is 0 Å². The zero-order valence-electron chi connectivity index (χ0n) is 10.5. The maximum Gasteiger partial charge on any atom is 0.573 e. The minimum Gasteiger partial charge on any atom is -0.406 e. The van der Waals surface area contributed by atoms with E-state index in [9.17, 15) is 17.6 Å². The summed E-state index contributed by atoms with van der Waals surface area (Å²) >= 11 is 5.57. The summed E-state index contributed by atoms with van der Waals surface area (Å²) in [4.78, 5) is 0. The Morgan fingerprint density at radius 3 is 2.10 bits per heavy atom. The summed E-state index contributed by atoms with van der Waals surface area (Å²) in [7, 11) is 0. The number of nitrogens with two attached hydrogens (primary N) is 1. The second-order valence-electron chi connectivity index (χ2n) is 4.27. The average Bonchev–Trinajstić information content (AvgIpc) is 2.40. The van der Waals surface area contributed by atoms with Crippen molar-refractivity contribution in [2.45, 2.75) is 12.4 Å². The van der Waals surface area contributed by atoms with Crippen LogP contribution >= 0.6 is 11.6 Å². The largest absolute Gasteiger partial charge is 0.573 e. The molecule has 7 heteroatoms. The molecule has 0 unspecified atom stereocenters. The summed E-state index contributed by atoms with van der Waals surface area (Å²) in [5.41, 5.74) is 6.92. The van der Waals surface area contributed by atoms with Crippen molar-refractivity contribution in [1.29, 1.82) is 0 Å². The van der Waals surface area contributed by atoms with E-state index in [2.05, 4.69) is 4.74 Å². The van der Waals surface area contributed by atoms with Crippen molar-refractivity contribution >= 4 is 11.6 Å². The lowest BCUT2D eigenvalue weighted by molar-refractivity contribution is -0.274. The van der Waals surface area contributed by atoms with Gasteiger partial charge in [-0.2, -0.15) is 0 Å². The molecule has 2 nitrogen and oxygen atoms in total. The summed E-state index contributed by atoms with van der Waals surface area (Å²) < 4.78 is 53.3. The summed E-state index contributed by atoms with van der Waals surface area (Å²) in [5.74, 6) is -0.956. The van der Waals surface area contributed by atoms with E-state index in [1.165, 1.54) is 24.3 Å². The van der Waals surface area contributed by atoms with Crippen LogP contribution in [0, 0.1) is 5.82 Å². The maximum atomic E-state index is 13.4. The van der Waals surface area contributed by atoms with Crippen LogP contribution in [0.3, 0.4) is 0 Å². The first-order valence-corrected chi connectivity index (χ1v) is 6.20. The summed E-state index contributed by atoms with van der Waals surface area (Å²) in [6, 6.07) is 8.49. The van der Waals surface area contributed by atoms with Gasteiger partial charge < -0.3 is 10.5 Å². The Morgan fingerprint density at radius 2 is 1.57 bits per heavy atom. The fraction of sp³-hybridized carbons (Fsp3) is 0.143. The second kappa shape index (κ2) is 5.91. The van der Waals surface area contributed by atoms with Crippen LogP contribution in [0.15, 0.2) is 42.5 Å². The lowest BCUT2D eigenvalue weighted by Gasteiger charge is -2.14. The Morgan fingerprint density at radius 1 is 1.00 bits per heavy atom. The molecule has 0 heterocycles. The first kappa shape index (κ1) is 15.6. The van der Waals surface area contributed by atoms with Crippen LogP contribution in [0.2, 0.25) is 5.02 Å². The molecule has 2 aromatic carbocycles. The highest BCUT2D eigenvalue weighted by Gasteiger charge is 2.31. The molecule has 0 aromatic heterocycles. The molecule has 2 rings (SSSR count). The van der Waals surface area contributed by atoms with Crippen LogP contribution in [0.1, 0.15) is 17.2 Å². The van der Waals surface area contributed by atoms with Crippen molar-refractivity contribution in [2.24, 2.45) is 5.73 Å². The summed E-state index contributed by atoms with van der Waals surface area (Å²) in [6.07, 6.45) is -4.75. The number of benzene rings is 2. The molecule has 2 N–H and O–H groups in total. The Kier molecular flexibility index (Phi) is 4.39. The maximum absolute atomic E-state index is 13.4. The van der Waals surface area contributed by atoms with Crippen molar-refractivity contribution in [3.8, 4) is 5.75 Å². The van der Waals surface area contributed by atoms with Crippen molar-refractivity contribution in [2.75, 3.05) is 0 Å². The van der Waals surface area contributed by atoms with E-state index >= 15 is 0 Å².